The number of benzene rings is 2. The zero-order valence-electron chi connectivity index (χ0n) is 12.1. The number of hydrogen-bond donors (Lipinski definition) is 2. The van der Waals surface area contributed by atoms with Crippen LogP contribution in [0.5, 0.6) is 11.5 Å². The third kappa shape index (κ3) is 2.69. The fraction of sp³-hybridized carbons (Fsp3) is 0.222. The lowest BCUT2D eigenvalue weighted by atomic mass is 9.88. The van der Waals surface area contributed by atoms with Crippen LogP contribution in [0.25, 0.3) is 5.57 Å². The van der Waals surface area contributed by atoms with Crippen molar-refractivity contribution in [2.75, 3.05) is 0 Å². The Bertz CT molecular complexity index is 656. The van der Waals surface area contributed by atoms with E-state index in [4.69, 9.17) is 0 Å². The minimum atomic E-state index is 0.151. The van der Waals surface area contributed by atoms with Gasteiger partial charge < -0.3 is 10.2 Å². The summed E-state index contributed by atoms with van der Waals surface area (Å²) in [5, 5.41) is 19.2. The minimum Gasteiger partial charge on any atom is -0.508 e. The van der Waals surface area contributed by atoms with Crippen LogP contribution in [0, 0.1) is 13.8 Å². The monoisotopic (exact) mass is 268 g/mol. The largest absolute Gasteiger partial charge is 0.508 e. The van der Waals surface area contributed by atoms with E-state index >= 15 is 0 Å². The highest BCUT2D eigenvalue weighted by atomic mass is 16.3. The summed E-state index contributed by atoms with van der Waals surface area (Å²) in [5.74, 6) is 0.764. The van der Waals surface area contributed by atoms with Crippen LogP contribution < -0.4 is 0 Å². The van der Waals surface area contributed by atoms with E-state index in [1.165, 1.54) is 0 Å². The van der Waals surface area contributed by atoms with Crippen molar-refractivity contribution in [2.45, 2.75) is 26.7 Å². The van der Waals surface area contributed by atoms with Crippen molar-refractivity contribution in [2.24, 2.45) is 0 Å². The summed E-state index contributed by atoms with van der Waals surface area (Å²) >= 11 is 0. The number of allylic oxidation sites excluding steroid dienone is 1. The van der Waals surface area contributed by atoms with E-state index in [0.717, 1.165) is 27.8 Å². The molecule has 0 aliphatic heterocycles. The summed E-state index contributed by atoms with van der Waals surface area (Å²) in [7, 11) is 0. The molecule has 0 aliphatic carbocycles. The van der Waals surface area contributed by atoms with Crippen molar-refractivity contribution in [1.29, 1.82) is 0 Å². The van der Waals surface area contributed by atoms with Gasteiger partial charge in [0.15, 0.2) is 0 Å². The summed E-state index contributed by atoms with van der Waals surface area (Å²) in [5.41, 5.74) is 4.86. The van der Waals surface area contributed by atoms with Crippen molar-refractivity contribution in [3.63, 3.8) is 0 Å². The quantitative estimate of drug-likeness (QED) is 0.858. The first-order chi connectivity index (χ1) is 9.40. The number of aryl methyl sites for hydroxylation is 2. The van der Waals surface area contributed by atoms with Gasteiger partial charge in [0.25, 0.3) is 0 Å². The van der Waals surface area contributed by atoms with Crippen molar-refractivity contribution in [3.05, 3.63) is 65.2 Å². The Hall–Kier alpha value is -2.22. The van der Waals surface area contributed by atoms with Crippen molar-refractivity contribution >= 4 is 5.57 Å². The Kier molecular flexibility index (Phi) is 3.84. The molecule has 0 fully saturated rings. The molecule has 2 rings (SSSR count). The van der Waals surface area contributed by atoms with Crippen LogP contribution in [0.4, 0.5) is 0 Å². The molecular weight excluding hydrogens is 248 g/mol. The van der Waals surface area contributed by atoms with Gasteiger partial charge in [-0.1, -0.05) is 31.7 Å². The third-order valence-corrected chi connectivity index (χ3v) is 3.81. The maximum atomic E-state index is 9.60. The lowest BCUT2D eigenvalue weighted by molar-refractivity contribution is 0.470. The van der Waals surface area contributed by atoms with Crippen LogP contribution in [-0.2, 0) is 0 Å². The van der Waals surface area contributed by atoms with Gasteiger partial charge in [-0.15, -0.1) is 0 Å². The first-order valence-electron chi connectivity index (χ1n) is 6.68. The lowest BCUT2D eigenvalue weighted by Gasteiger charge is -2.17. The van der Waals surface area contributed by atoms with Gasteiger partial charge in [-0.25, -0.2) is 0 Å². The zero-order chi connectivity index (χ0) is 14.9. The van der Waals surface area contributed by atoms with Crippen molar-refractivity contribution in [1.82, 2.24) is 0 Å². The predicted molar refractivity (Wildman–Crippen MR) is 83.1 cm³/mol. The van der Waals surface area contributed by atoms with Gasteiger partial charge >= 0.3 is 0 Å². The molecule has 2 N–H and O–H groups in total. The molecule has 0 amide bonds. The molecule has 0 saturated carbocycles. The Morgan fingerprint density at radius 2 is 1.50 bits per heavy atom. The molecule has 20 heavy (non-hydrogen) atoms. The first-order valence-corrected chi connectivity index (χ1v) is 6.68. The smallest absolute Gasteiger partial charge is 0.118 e. The average Bonchev–Trinajstić information content (AvgIpc) is 2.43. The van der Waals surface area contributed by atoms with Crippen molar-refractivity contribution < 1.29 is 10.2 Å². The van der Waals surface area contributed by atoms with Gasteiger partial charge in [-0.05, 0) is 59.9 Å². The van der Waals surface area contributed by atoms with Crippen LogP contribution in [-0.4, -0.2) is 10.2 Å². The summed E-state index contributed by atoms with van der Waals surface area (Å²) in [6, 6.07) is 11.2. The van der Waals surface area contributed by atoms with E-state index in [9.17, 15) is 10.2 Å². The van der Waals surface area contributed by atoms with Gasteiger partial charge in [0.2, 0.25) is 0 Å². The molecule has 2 aromatic carbocycles. The molecule has 2 nitrogen and oxygen atoms in total. The molecule has 0 aromatic heterocycles. The first kappa shape index (κ1) is 14.2. The Labute approximate surface area is 120 Å². The van der Waals surface area contributed by atoms with Gasteiger partial charge in [0.1, 0.15) is 11.5 Å². The number of hydrogen-bond acceptors (Lipinski definition) is 2. The number of rotatable bonds is 3. The van der Waals surface area contributed by atoms with Crippen molar-refractivity contribution in [3.8, 4) is 11.5 Å². The Balaban J connectivity index is 2.32. The standard InChI is InChI=1S/C18H20O2/c1-11-9-15(5-7-17(11)19)13(3)14(4)16-6-8-18(20)12(2)10-16/h5-10,14,19-20H,3H2,1-2,4H3. The average molecular weight is 268 g/mol. The second-order valence-corrected chi connectivity index (χ2v) is 5.29. The van der Waals surface area contributed by atoms with E-state index in [1.54, 1.807) is 12.1 Å². The lowest BCUT2D eigenvalue weighted by Crippen LogP contribution is -1.98. The SMILES string of the molecule is C=C(c1ccc(O)c(C)c1)C(C)c1ccc(O)c(C)c1. The van der Waals surface area contributed by atoms with E-state index in [2.05, 4.69) is 13.5 Å². The van der Waals surface area contributed by atoms with Gasteiger partial charge in [0, 0.05) is 5.92 Å². The topological polar surface area (TPSA) is 40.5 Å². The molecule has 2 aromatic rings. The summed E-state index contributed by atoms with van der Waals surface area (Å²) in [4.78, 5) is 0. The maximum absolute atomic E-state index is 9.60. The zero-order valence-corrected chi connectivity index (χ0v) is 12.1. The Morgan fingerprint density at radius 1 is 0.950 bits per heavy atom. The third-order valence-electron chi connectivity index (χ3n) is 3.81. The van der Waals surface area contributed by atoms with Gasteiger partial charge in [-0.2, -0.15) is 0 Å². The van der Waals surface area contributed by atoms with Crippen LogP contribution in [0.1, 0.15) is 35.1 Å². The molecule has 104 valence electrons. The molecule has 0 radical (unpaired) electrons. The van der Waals surface area contributed by atoms with Crippen LogP contribution in [0.2, 0.25) is 0 Å². The minimum absolute atomic E-state index is 0.151. The maximum Gasteiger partial charge on any atom is 0.118 e. The highest BCUT2D eigenvalue weighted by molar-refractivity contribution is 5.70. The highest BCUT2D eigenvalue weighted by Crippen LogP contribution is 2.33. The molecule has 0 aliphatic rings. The normalized spacial score (nSPS) is 12.2. The van der Waals surface area contributed by atoms with E-state index in [1.807, 2.05) is 38.1 Å². The van der Waals surface area contributed by atoms with E-state index < -0.39 is 0 Å². The molecule has 2 heteroatoms. The van der Waals surface area contributed by atoms with Crippen LogP contribution in [0.3, 0.4) is 0 Å². The van der Waals surface area contributed by atoms with Gasteiger partial charge in [0.05, 0.1) is 0 Å². The molecule has 0 bridgehead atoms. The Morgan fingerprint density at radius 3 is 2.05 bits per heavy atom. The second-order valence-electron chi connectivity index (χ2n) is 5.29. The number of aromatic hydroxyl groups is 2. The van der Waals surface area contributed by atoms with Crippen LogP contribution >= 0.6 is 0 Å². The number of phenols is 2. The summed E-state index contributed by atoms with van der Waals surface area (Å²) < 4.78 is 0. The van der Waals surface area contributed by atoms with Crippen LogP contribution in [0.15, 0.2) is 43.0 Å². The summed E-state index contributed by atoms with van der Waals surface area (Å²) in [6.45, 7) is 10.0. The second kappa shape index (κ2) is 5.41. The molecule has 1 unspecified atom stereocenters. The fourth-order valence-electron chi connectivity index (χ4n) is 2.25. The molecule has 0 saturated heterocycles. The van der Waals surface area contributed by atoms with E-state index in [0.29, 0.717) is 11.5 Å². The van der Waals surface area contributed by atoms with E-state index in [-0.39, 0.29) is 5.92 Å². The highest BCUT2D eigenvalue weighted by Gasteiger charge is 2.13. The molecular formula is C18H20O2. The summed E-state index contributed by atoms with van der Waals surface area (Å²) in [6.07, 6.45) is 0. The molecule has 0 spiro atoms. The molecule has 1 atom stereocenters. The number of phenolic OH excluding ortho intramolecular Hbond substituents is 2. The molecule has 0 heterocycles. The fourth-order valence-corrected chi connectivity index (χ4v) is 2.25. The van der Waals surface area contributed by atoms with Gasteiger partial charge in [-0.3, -0.25) is 0 Å². The predicted octanol–water partition coefficient (Wildman–Crippen LogP) is 4.53.